The molecule has 0 aliphatic carbocycles. The molecular weight excluding hydrogens is 288 g/mol. The van der Waals surface area contributed by atoms with E-state index in [-0.39, 0.29) is 11.9 Å². The number of carbonyl (C=O) groups excluding carboxylic acids is 1. The van der Waals surface area contributed by atoms with Crippen LogP contribution < -0.4 is 10.1 Å². The van der Waals surface area contributed by atoms with Gasteiger partial charge in [0.15, 0.2) is 0 Å². The SMILES string of the molecule is COc1ccc(CN[C@@H](C)CN2CCCC2=O)c2ccccc12. The van der Waals surface area contributed by atoms with Crippen LogP contribution in [0.4, 0.5) is 0 Å². The van der Waals surface area contributed by atoms with Crippen molar-refractivity contribution in [3.05, 3.63) is 42.0 Å². The molecule has 1 heterocycles. The van der Waals surface area contributed by atoms with Crippen molar-refractivity contribution in [1.29, 1.82) is 0 Å². The van der Waals surface area contributed by atoms with Gasteiger partial charge in [-0.25, -0.2) is 0 Å². The number of amides is 1. The number of likely N-dealkylation sites (tertiary alicyclic amines) is 1. The van der Waals surface area contributed by atoms with E-state index in [0.717, 1.165) is 37.2 Å². The van der Waals surface area contributed by atoms with Crippen molar-refractivity contribution >= 4 is 16.7 Å². The first-order valence-electron chi connectivity index (χ1n) is 8.25. The van der Waals surface area contributed by atoms with E-state index >= 15 is 0 Å². The zero-order valence-corrected chi connectivity index (χ0v) is 13.8. The summed E-state index contributed by atoms with van der Waals surface area (Å²) in [6, 6.07) is 12.7. The third-order valence-electron chi connectivity index (χ3n) is 4.50. The molecule has 1 fully saturated rings. The molecule has 23 heavy (non-hydrogen) atoms. The Morgan fingerprint density at radius 1 is 1.22 bits per heavy atom. The second kappa shape index (κ2) is 7.01. The smallest absolute Gasteiger partial charge is 0.222 e. The van der Waals surface area contributed by atoms with Gasteiger partial charge in [-0.3, -0.25) is 4.79 Å². The van der Waals surface area contributed by atoms with Gasteiger partial charge in [0, 0.05) is 37.5 Å². The van der Waals surface area contributed by atoms with Crippen LogP contribution in [-0.4, -0.2) is 37.0 Å². The van der Waals surface area contributed by atoms with Crippen molar-refractivity contribution < 1.29 is 9.53 Å². The molecule has 1 aliphatic heterocycles. The first kappa shape index (κ1) is 15.8. The second-order valence-electron chi connectivity index (χ2n) is 6.20. The van der Waals surface area contributed by atoms with E-state index in [4.69, 9.17) is 4.74 Å². The van der Waals surface area contributed by atoms with Gasteiger partial charge in [-0.1, -0.05) is 30.3 Å². The number of hydrogen-bond acceptors (Lipinski definition) is 3. The molecule has 1 aliphatic rings. The van der Waals surface area contributed by atoms with Crippen LogP contribution >= 0.6 is 0 Å². The Kier molecular flexibility index (Phi) is 4.82. The van der Waals surface area contributed by atoms with Gasteiger partial charge in [-0.2, -0.15) is 0 Å². The van der Waals surface area contributed by atoms with Crippen molar-refractivity contribution in [2.45, 2.75) is 32.4 Å². The van der Waals surface area contributed by atoms with E-state index in [1.165, 1.54) is 10.9 Å². The molecular formula is C19H24N2O2. The van der Waals surface area contributed by atoms with Crippen LogP contribution in [0.15, 0.2) is 36.4 Å². The number of fused-ring (bicyclic) bond motifs is 1. The molecule has 2 aromatic carbocycles. The van der Waals surface area contributed by atoms with Crippen LogP contribution in [0, 0.1) is 0 Å². The predicted molar refractivity (Wildman–Crippen MR) is 92.6 cm³/mol. The van der Waals surface area contributed by atoms with Crippen LogP contribution in [0.1, 0.15) is 25.3 Å². The molecule has 1 saturated heterocycles. The van der Waals surface area contributed by atoms with Crippen molar-refractivity contribution in [2.24, 2.45) is 0 Å². The van der Waals surface area contributed by atoms with Crippen molar-refractivity contribution in [3.8, 4) is 5.75 Å². The lowest BCUT2D eigenvalue weighted by molar-refractivity contribution is -0.127. The Bertz CT molecular complexity index is 699. The number of hydrogen-bond donors (Lipinski definition) is 1. The van der Waals surface area contributed by atoms with Crippen LogP contribution in [0.5, 0.6) is 5.75 Å². The summed E-state index contributed by atoms with van der Waals surface area (Å²) >= 11 is 0. The van der Waals surface area contributed by atoms with E-state index in [2.05, 4.69) is 36.5 Å². The van der Waals surface area contributed by atoms with Crippen molar-refractivity contribution in [3.63, 3.8) is 0 Å². The van der Waals surface area contributed by atoms with Gasteiger partial charge in [-0.05, 0) is 30.4 Å². The largest absolute Gasteiger partial charge is 0.496 e. The highest BCUT2D eigenvalue weighted by atomic mass is 16.5. The van der Waals surface area contributed by atoms with E-state index in [0.29, 0.717) is 6.42 Å². The van der Waals surface area contributed by atoms with Gasteiger partial charge in [0.05, 0.1) is 7.11 Å². The van der Waals surface area contributed by atoms with E-state index in [9.17, 15) is 4.79 Å². The minimum absolute atomic E-state index is 0.276. The first-order valence-corrected chi connectivity index (χ1v) is 8.25. The van der Waals surface area contributed by atoms with Crippen LogP contribution in [0.25, 0.3) is 10.8 Å². The van der Waals surface area contributed by atoms with Crippen LogP contribution in [0.2, 0.25) is 0 Å². The highest BCUT2D eigenvalue weighted by Gasteiger charge is 2.21. The van der Waals surface area contributed by atoms with Gasteiger partial charge in [0.25, 0.3) is 0 Å². The minimum Gasteiger partial charge on any atom is -0.496 e. The fraction of sp³-hybridized carbons (Fsp3) is 0.421. The number of benzene rings is 2. The maximum absolute atomic E-state index is 11.7. The standard InChI is InChI=1S/C19H24N2O2/c1-14(13-21-11-5-8-19(21)22)20-12-15-9-10-18(23-2)17-7-4-3-6-16(15)17/h3-4,6-7,9-10,14,20H,5,8,11-13H2,1-2H3/t14-/m0/s1. The van der Waals surface area contributed by atoms with Gasteiger partial charge in [-0.15, -0.1) is 0 Å². The molecule has 0 radical (unpaired) electrons. The monoisotopic (exact) mass is 312 g/mol. The molecule has 0 aromatic heterocycles. The molecule has 0 saturated carbocycles. The second-order valence-corrected chi connectivity index (χ2v) is 6.20. The Balaban J connectivity index is 1.68. The number of carbonyl (C=O) groups is 1. The number of nitrogens with zero attached hydrogens (tertiary/aromatic N) is 1. The molecule has 122 valence electrons. The quantitative estimate of drug-likeness (QED) is 0.891. The molecule has 0 bridgehead atoms. The Morgan fingerprint density at radius 2 is 2.00 bits per heavy atom. The van der Waals surface area contributed by atoms with Gasteiger partial charge < -0.3 is 15.0 Å². The average molecular weight is 312 g/mol. The Morgan fingerprint density at radius 3 is 2.70 bits per heavy atom. The highest BCUT2D eigenvalue weighted by Crippen LogP contribution is 2.28. The normalized spacial score (nSPS) is 16.1. The molecule has 0 unspecified atom stereocenters. The molecule has 1 amide bonds. The number of methoxy groups -OCH3 is 1. The molecule has 0 spiro atoms. The summed E-state index contributed by atoms with van der Waals surface area (Å²) in [4.78, 5) is 13.7. The summed E-state index contributed by atoms with van der Waals surface area (Å²) in [5.41, 5.74) is 1.25. The van der Waals surface area contributed by atoms with Crippen LogP contribution in [-0.2, 0) is 11.3 Å². The summed E-state index contributed by atoms with van der Waals surface area (Å²) in [6.45, 7) is 4.61. The average Bonchev–Trinajstić information content (AvgIpc) is 2.97. The first-order chi connectivity index (χ1) is 11.2. The summed E-state index contributed by atoms with van der Waals surface area (Å²) < 4.78 is 5.44. The van der Waals surface area contributed by atoms with E-state index < -0.39 is 0 Å². The van der Waals surface area contributed by atoms with E-state index in [1.807, 2.05) is 17.0 Å². The minimum atomic E-state index is 0.276. The maximum Gasteiger partial charge on any atom is 0.222 e. The highest BCUT2D eigenvalue weighted by molar-refractivity contribution is 5.91. The Hall–Kier alpha value is -2.07. The maximum atomic E-state index is 11.7. The lowest BCUT2D eigenvalue weighted by Gasteiger charge is -2.22. The lowest BCUT2D eigenvalue weighted by atomic mass is 10.0. The topological polar surface area (TPSA) is 41.6 Å². The zero-order chi connectivity index (χ0) is 16.2. The van der Waals surface area contributed by atoms with Gasteiger partial charge in [0.2, 0.25) is 5.91 Å². The fourth-order valence-electron chi connectivity index (χ4n) is 3.24. The summed E-state index contributed by atoms with van der Waals surface area (Å²) in [6.07, 6.45) is 1.70. The summed E-state index contributed by atoms with van der Waals surface area (Å²) in [7, 11) is 1.70. The zero-order valence-electron chi connectivity index (χ0n) is 13.8. The molecule has 1 atom stereocenters. The van der Waals surface area contributed by atoms with Gasteiger partial charge >= 0.3 is 0 Å². The van der Waals surface area contributed by atoms with Crippen molar-refractivity contribution in [2.75, 3.05) is 20.2 Å². The number of ether oxygens (including phenoxy) is 1. The predicted octanol–water partition coefficient (Wildman–Crippen LogP) is 2.95. The molecule has 1 N–H and O–H groups in total. The summed E-state index contributed by atoms with van der Waals surface area (Å²) in [5.74, 6) is 1.19. The number of rotatable bonds is 6. The fourth-order valence-corrected chi connectivity index (χ4v) is 3.24. The Labute approximate surface area is 137 Å². The summed E-state index contributed by atoms with van der Waals surface area (Å²) in [5, 5.41) is 5.89. The third kappa shape index (κ3) is 3.48. The molecule has 3 rings (SSSR count). The molecule has 4 heteroatoms. The van der Waals surface area contributed by atoms with Gasteiger partial charge in [0.1, 0.15) is 5.75 Å². The molecule has 2 aromatic rings. The lowest BCUT2D eigenvalue weighted by Crippen LogP contribution is -2.39. The van der Waals surface area contributed by atoms with Crippen molar-refractivity contribution in [1.82, 2.24) is 10.2 Å². The molecule has 4 nitrogen and oxygen atoms in total. The number of nitrogens with one attached hydrogen (secondary N) is 1. The third-order valence-corrected chi connectivity index (χ3v) is 4.50. The van der Waals surface area contributed by atoms with E-state index in [1.54, 1.807) is 7.11 Å². The van der Waals surface area contributed by atoms with Crippen LogP contribution in [0.3, 0.4) is 0 Å².